The number of thiophene rings is 1. The summed E-state index contributed by atoms with van der Waals surface area (Å²) >= 11 is 7.61. The fourth-order valence-electron chi connectivity index (χ4n) is 1.92. The van der Waals surface area contributed by atoms with Gasteiger partial charge in [0.25, 0.3) is 0 Å². The quantitative estimate of drug-likeness (QED) is 0.875. The Morgan fingerprint density at radius 2 is 2.22 bits per heavy atom. The van der Waals surface area contributed by atoms with Gasteiger partial charge in [-0.3, -0.25) is 4.98 Å². The lowest BCUT2D eigenvalue weighted by Crippen LogP contribution is -2.27. The van der Waals surface area contributed by atoms with Crippen molar-refractivity contribution >= 4 is 22.9 Å². The summed E-state index contributed by atoms with van der Waals surface area (Å²) < 4.78 is 0.865. The Kier molecular flexibility index (Phi) is 5.17. The molecule has 4 heteroatoms. The first-order valence-electron chi connectivity index (χ1n) is 6.09. The molecule has 2 aromatic heterocycles. The summed E-state index contributed by atoms with van der Waals surface area (Å²) in [4.78, 5) is 5.68. The zero-order chi connectivity index (χ0) is 12.8. The molecule has 0 spiro atoms. The average Bonchev–Trinajstić information content (AvgIpc) is 2.81. The minimum Gasteiger partial charge on any atom is -0.317 e. The van der Waals surface area contributed by atoms with E-state index < -0.39 is 0 Å². The highest BCUT2D eigenvalue weighted by Gasteiger charge is 2.09. The molecule has 0 bridgehead atoms. The van der Waals surface area contributed by atoms with E-state index in [0.29, 0.717) is 6.04 Å². The second-order valence-corrected chi connectivity index (χ2v) is 6.05. The van der Waals surface area contributed by atoms with Crippen molar-refractivity contribution in [2.24, 2.45) is 0 Å². The van der Waals surface area contributed by atoms with Crippen LogP contribution in [0.1, 0.15) is 17.0 Å². The number of halogens is 1. The summed E-state index contributed by atoms with van der Waals surface area (Å²) in [6, 6.07) is 10.6. The van der Waals surface area contributed by atoms with Gasteiger partial charge in [0.1, 0.15) is 0 Å². The van der Waals surface area contributed by atoms with E-state index in [9.17, 15) is 0 Å². The summed E-state index contributed by atoms with van der Waals surface area (Å²) in [5.41, 5.74) is 1.15. The van der Waals surface area contributed by atoms with Crippen molar-refractivity contribution in [3.63, 3.8) is 0 Å². The van der Waals surface area contributed by atoms with Gasteiger partial charge in [-0.1, -0.05) is 17.7 Å². The maximum Gasteiger partial charge on any atom is 0.0931 e. The molecule has 0 fully saturated rings. The monoisotopic (exact) mass is 280 g/mol. The zero-order valence-corrected chi connectivity index (χ0v) is 12.0. The van der Waals surface area contributed by atoms with Gasteiger partial charge in [-0.2, -0.15) is 0 Å². The molecule has 0 aliphatic heterocycles. The van der Waals surface area contributed by atoms with Crippen molar-refractivity contribution in [2.75, 3.05) is 7.05 Å². The van der Waals surface area contributed by atoms with Crippen molar-refractivity contribution in [1.82, 2.24) is 10.3 Å². The topological polar surface area (TPSA) is 24.9 Å². The lowest BCUT2D eigenvalue weighted by molar-refractivity contribution is 0.520. The molecule has 0 saturated carbocycles. The molecule has 2 nitrogen and oxygen atoms in total. The largest absolute Gasteiger partial charge is 0.317 e. The number of hydrogen-bond donors (Lipinski definition) is 1. The zero-order valence-electron chi connectivity index (χ0n) is 10.4. The molecule has 18 heavy (non-hydrogen) atoms. The predicted molar refractivity (Wildman–Crippen MR) is 78.4 cm³/mol. The molecule has 0 aromatic carbocycles. The van der Waals surface area contributed by atoms with E-state index in [2.05, 4.69) is 22.4 Å². The van der Waals surface area contributed by atoms with E-state index in [1.165, 1.54) is 4.88 Å². The lowest BCUT2D eigenvalue weighted by Gasteiger charge is -2.14. The van der Waals surface area contributed by atoms with Gasteiger partial charge in [-0.05, 0) is 50.6 Å². The van der Waals surface area contributed by atoms with Crippen LogP contribution in [-0.4, -0.2) is 18.1 Å². The number of hydrogen-bond acceptors (Lipinski definition) is 3. The molecule has 1 N–H and O–H groups in total. The highest BCUT2D eigenvalue weighted by Crippen LogP contribution is 2.23. The Morgan fingerprint density at radius 1 is 1.33 bits per heavy atom. The Morgan fingerprint density at radius 3 is 2.83 bits per heavy atom. The van der Waals surface area contributed by atoms with Crippen LogP contribution in [0.15, 0.2) is 36.5 Å². The van der Waals surface area contributed by atoms with Crippen LogP contribution in [0.3, 0.4) is 0 Å². The highest BCUT2D eigenvalue weighted by atomic mass is 35.5. The number of aromatic nitrogens is 1. The van der Waals surface area contributed by atoms with Crippen LogP contribution in [0.5, 0.6) is 0 Å². The molecule has 0 aliphatic rings. The van der Waals surface area contributed by atoms with Crippen LogP contribution < -0.4 is 5.32 Å². The predicted octanol–water partition coefficient (Wildman–Crippen LogP) is 3.56. The average molecular weight is 281 g/mol. The molecule has 2 heterocycles. The van der Waals surface area contributed by atoms with Gasteiger partial charge in [0, 0.05) is 22.8 Å². The van der Waals surface area contributed by atoms with Gasteiger partial charge in [-0.25, -0.2) is 0 Å². The van der Waals surface area contributed by atoms with Crippen molar-refractivity contribution in [3.05, 3.63) is 51.4 Å². The molecule has 1 unspecified atom stereocenters. The molecule has 0 radical (unpaired) electrons. The van der Waals surface area contributed by atoms with Gasteiger partial charge < -0.3 is 5.32 Å². The van der Waals surface area contributed by atoms with Gasteiger partial charge >= 0.3 is 0 Å². The molecule has 0 aliphatic carbocycles. The lowest BCUT2D eigenvalue weighted by atomic mass is 10.1. The number of likely N-dealkylation sites (N-methyl/N-ethyl adjacent to an activating group) is 1. The molecule has 96 valence electrons. The number of pyridine rings is 1. The van der Waals surface area contributed by atoms with Crippen molar-refractivity contribution in [3.8, 4) is 0 Å². The Bertz CT molecular complexity index is 470. The molecule has 1 atom stereocenters. The third kappa shape index (κ3) is 4.09. The van der Waals surface area contributed by atoms with Crippen molar-refractivity contribution in [1.29, 1.82) is 0 Å². The molecular formula is C14H17ClN2S. The Balaban J connectivity index is 1.86. The summed E-state index contributed by atoms with van der Waals surface area (Å²) in [6.45, 7) is 0. The van der Waals surface area contributed by atoms with E-state index in [1.54, 1.807) is 11.3 Å². The first-order chi connectivity index (χ1) is 8.78. The van der Waals surface area contributed by atoms with Crippen LogP contribution in [0, 0.1) is 0 Å². The van der Waals surface area contributed by atoms with Crippen molar-refractivity contribution in [2.45, 2.75) is 25.3 Å². The maximum absolute atomic E-state index is 5.95. The van der Waals surface area contributed by atoms with Gasteiger partial charge in [0.05, 0.1) is 4.34 Å². The summed E-state index contributed by atoms with van der Waals surface area (Å²) in [5, 5.41) is 3.37. The molecule has 0 amide bonds. The molecule has 2 aromatic rings. The van der Waals surface area contributed by atoms with Crippen LogP contribution in [0.2, 0.25) is 4.34 Å². The fourth-order valence-corrected chi connectivity index (χ4v) is 3.09. The number of nitrogens with zero attached hydrogens (tertiary/aromatic N) is 1. The molecular weight excluding hydrogens is 264 g/mol. The third-order valence-electron chi connectivity index (χ3n) is 2.96. The number of aryl methyl sites for hydroxylation is 1. The Hall–Kier alpha value is -0.900. The van der Waals surface area contributed by atoms with Crippen LogP contribution in [0.4, 0.5) is 0 Å². The first-order valence-corrected chi connectivity index (χ1v) is 7.29. The summed E-state index contributed by atoms with van der Waals surface area (Å²) in [5.74, 6) is 0. The van der Waals surface area contributed by atoms with E-state index in [1.807, 2.05) is 31.4 Å². The standard InChI is InChI=1S/C14H17ClN2S/c1-16-12(10-13-7-8-14(15)18-13)6-5-11-4-2-3-9-17-11/h2-4,7-9,12,16H,5-6,10H2,1H3. The van der Waals surface area contributed by atoms with Crippen LogP contribution in [0.25, 0.3) is 0 Å². The fraction of sp³-hybridized carbons (Fsp3) is 0.357. The SMILES string of the molecule is CNC(CCc1ccccn1)Cc1ccc(Cl)s1. The molecule has 0 saturated heterocycles. The van der Waals surface area contributed by atoms with Crippen LogP contribution in [-0.2, 0) is 12.8 Å². The summed E-state index contributed by atoms with van der Waals surface area (Å²) in [6.07, 6.45) is 4.97. The van der Waals surface area contributed by atoms with Gasteiger partial charge in [0.2, 0.25) is 0 Å². The van der Waals surface area contributed by atoms with E-state index in [-0.39, 0.29) is 0 Å². The minimum atomic E-state index is 0.474. The number of rotatable bonds is 6. The third-order valence-corrected chi connectivity index (χ3v) is 4.21. The normalized spacial score (nSPS) is 12.6. The van der Waals surface area contributed by atoms with E-state index in [4.69, 9.17) is 11.6 Å². The van der Waals surface area contributed by atoms with Crippen molar-refractivity contribution < 1.29 is 0 Å². The Labute approximate surface area is 117 Å². The maximum atomic E-state index is 5.95. The highest BCUT2D eigenvalue weighted by molar-refractivity contribution is 7.16. The molecule has 2 rings (SSSR count). The minimum absolute atomic E-state index is 0.474. The second kappa shape index (κ2) is 6.88. The van der Waals surface area contributed by atoms with Crippen LogP contribution >= 0.6 is 22.9 Å². The van der Waals surface area contributed by atoms with Gasteiger partial charge in [0.15, 0.2) is 0 Å². The smallest absolute Gasteiger partial charge is 0.0931 e. The second-order valence-electron chi connectivity index (χ2n) is 4.26. The number of nitrogens with one attached hydrogen (secondary N) is 1. The summed E-state index contributed by atoms with van der Waals surface area (Å²) in [7, 11) is 2.01. The van der Waals surface area contributed by atoms with E-state index in [0.717, 1.165) is 29.3 Å². The van der Waals surface area contributed by atoms with E-state index >= 15 is 0 Å². The first kappa shape index (κ1) is 13.5. The van der Waals surface area contributed by atoms with Gasteiger partial charge in [-0.15, -0.1) is 11.3 Å².